The van der Waals surface area contributed by atoms with E-state index in [9.17, 15) is 9.50 Å². The number of aliphatic hydroxyl groups excluding tert-OH is 1. The van der Waals surface area contributed by atoms with Gasteiger partial charge in [-0.05, 0) is 47.9 Å². The smallest absolute Gasteiger partial charge is 0.123 e. The van der Waals surface area contributed by atoms with Crippen LogP contribution in [0.1, 0.15) is 22.8 Å². The van der Waals surface area contributed by atoms with E-state index >= 15 is 0 Å². The van der Waals surface area contributed by atoms with Crippen molar-refractivity contribution in [1.29, 1.82) is 0 Å². The zero-order chi connectivity index (χ0) is 14.0. The summed E-state index contributed by atoms with van der Waals surface area (Å²) in [5.41, 5.74) is 2.19. The van der Waals surface area contributed by atoms with Gasteiger partial charge >= 0.3 is 0 Å². The maximum atomic E-state index is 13.3. The first-order valence-corrected chi connectivity index (χ1v) is 7.02. The van der Waals surface area contributed by atoms with Crippen LogP contribution in [0.4, 0.5) is 4.39 Å². The third-order valence-electron chi connectivity index (χ3n) is 2.88. The van der Waals surface area contributed by atoms with Crippen molar-refractivity contribution in [2.45, 2.75) is 19.4 Å². The van der Waals surface area contributed by atoms with E-state index in [-0.39, 0.29) is 5.82 Å². The van der Waals surface area contributed by atoms with Gasteiger partial charge in [0.1, 0.15) is 5.82 Å². The van der Waals surface area contributed by atoms with Crippen molar-refractivity contribution in [3.05, 3.63) is 68.4 Å². The monoisotopic (exact) mass is 342 g/mol. The first kappa shape index (κ1) is 14.5. The summed E-state index contributed by atoms with van der Waals surface area (Å²) in [5, 5.41) is 10.8. The molecule has 1 N–H and O–H groups in total. The highest BCUT2D eigenvalue weighted by atomic mass is 79.9. The molecule has 2 aromatic rings. The summed E-state index contributed by atoms with van der Waals surface area (Å²) >= 11 is 9.44. The van der Waals surface area contributed by atoms with Crippen molar-refractivity contribution >= 4 is 27.5 Å². The molecule has 0 bridgehead atoms. The Balaban J connectivity index is 2.22. The number of halogens is 3. The number of aryl methyl sites for hydroxylation is 1. The summed E-state index contributed by atoms with van der Waals surface area (Å²) in [7, 11) is 0. The van der Waals surface area contributed by atoms with Crippen LogP contribution in [0.3, 0.4) is 0 Å². The molecule has 1 unspecified atom stereocenters. The highest BCUT2D eigenvalue weighted by Gasteiger charge is 2.12. The minimum atomic E-state index is -0.770. The van der Waals surface area contributed by atoms with Crippen LogP contribution in [0.2, 0.25) is 5.02 Å². The van der Waals surface area contributed by atoms with Crippen LogP contribution in [0.5, 0.6) is 0 Å². The van der Waals surface area contributed by atoms with Gasteiger partial charge < -0.3 is 5.11 Å². The van der Waals surface area contributed by atoms with Crippen LogP contribution in [0, 0.1) is 12.7 Å². The lowest BCUT2D eigenvalue weighted by Gasteiger charge is -2.13. The van der Waals surface area contributed by atoms with Crippen molar-refractivity contribution in [3.63, 3.8) is 0 Å². The van der Waals surface area contributed by atoms with E-state index in [0.717, 1.165) is 15.6 Å². The SMILES string of the molecule is Cc1cc(F)cc(C(O)Cc2ccc(Br)cc2Cl)c1. The van der Waals surface area contributed by atoms with Crippen molar-refractivity contribution in [3.8, 4) is 0 Å². The topological polar surface area (TPSA) is 20.2 Å². The summed E-state index contributed by atoms with van der Waals surface area (Å²) in [6, 6.07) is 10.1. The van der Waals surface area contributed by atoms with Gasteiger partial charge in [-0.1, -0.05) is 39.7 Å². The molecule has 0 spiro atoms. The molecule has 4 heteroatoms. The van der Waals surface area contributed by atoms with Crippen molar-refractivity contribution in [2.24, 2.45) is 0 Å². The molecule has 2 rings (SSSR count). The van der Waals surface area contributed by atoms with Gasteiger partial charge in [0.15, 0.2) is 0 Å². The highest BCUT2D eigenvalue weighted by Crippen LogP contribution is 2.27. The van der Waals surface area contributed by atoms with Crippen molar-refractivity contribution in [1.82, 2.24) is 0 Å². The Morgan fingerprint density at radius 2 is 2.00 bits per heavy atom. The Labute approximate surface area is 125 Å². The molecule has 1 atom stereocenters. The lowest BCUT2D eigenvalue weighted by atomic mass is 10.00. The zero-order valence-electron chi connectivity index (χ0n) is 10.3. The Bertz CT molecular complexity index is 580. The van der Waals surface area contributed by atoms with Gasteiger partial charge in [0.05, 0.1) is 6.10 Å². The van der Waals surface area contributed by atoms with Gasteiger partial charge in [0.2, 0.25) is 0 Å². The average molecular weight is 344 g/mol. The molecule has 2 aromatic carbocycles. The summed E-state index contributed by atoms with van der Waals surface area (Å²) in [6.07, 6.45) is -0.414. The second-order valence-corrected chi connectivity index (χ2v) is 5.84. The third kappa shape index (κ3) is 3.78. The van der Waals surface area contributed by atoms with Crippen LogP contribution in [0.15, 0.2) is 40.9 Å². The van der Waals surface area contributed by atoms with Gasteiger partial charge in [0.25, 0.3) is 0 Å². The number of hydrogen-bond donors (Lipinski definition) is 1. The Hall–Kier alpha value is -0.900. The standard InChI is InChI=1S/C15H13BrClFO/c1-9-4-11(6-13(18)5-9)15(19)7-10-2-3-12(16)8-14(10)17/h2-6,8,15,19H,7H2,1H3. The molecule has 0 fully saturated rings. The average Bonchev–Trinajstić information content (AvgIpc) is 2.31. The van der Waals surface area contributed by atoms with E-state index in [1.54, 1.807) is 19.1 Å². The summed E-state index contributed by atoms with van der Waals surface area (Å²) < 4.78 is 14.2. The summed E-state index contributed by atoms with van der Waals surface area (Å²) in [5.74, 6) is -0.337. The number of hydrogen-bond acceptors (Lipinski definition) is 1. The Morgan fingerprint density at radius 1 is 1.26 bits per heavy atom. The zero-order valence-corrected chi connectivity index (χ0v) is 12.7. The van der Waals surface area contributed by atoms with Gasteiger partial charge in [0, 0.05) is 15.9 Å². The van der Waals surface area contributed by atoms with Gasteiger partial charge in [-0.25, -0.2) is 4.39 Å². The van der Waals surface area contributed by atoms with Crippen molar-refractivity contribution in [2.75, 3.05) is 0 Å². The largest absolute Gasteiger partial charge is 0.388 e. The fourth-order valence-electron chi connectivity index (χ4n) is 1.97. The normalized spacial score (nSPS) is 12.5. The molecule has 0 aliphatic heterocycles. The van der Waals surface area contributed by atoms with Gasteiger partial charge in [-0.15, -0.1) is 0 Å². The Morgan fingerprint density at radius 3 is 2.63 bits per heavy atom. The molecule has 0 aliphatic rings. The van der Waals surface area contributed by atoms with E-state index in [1.807, 2.05) is 12.1 Å². The second kappa shape index (κ2) is 6.04. The number of aliphatic hydroxyl groups is 1. The lowest BCUT2D eigenvalue weighted by Crippen LogP contribution is -2.03. The van der Waals surface area contributed by atoms with Crippen LogP contribution >= 0.6 is 27.5 Å². The van der Waals surface area contributed by atoms with Crippen LogP contribution in [-0.2, 0) is 6.42 Å². The molecule has 0 saturated heterocycles. The Kier molecular flexibility index (Phi) is 4.61. The minimum absolute atomic E-state index is 0.337. The van der Waals surface area contributed by atoms with E-state index in [2.05, 4.69) is 15.9 Å². The minimum Gasteiger partial charge on any atom is -0.388 e. The van der Waals surface area contributed by atoms with E-state index in [1.165, 1.54) is 12.1 Å². The van der Waals surface area contributed by atoms with E-state index in [0.29, 0.717) is 17.0 Å². The molecule has 0 heterocycles. The predicted molar refractivity (Wildman–Crippen MR) is 79.0 cm³/mol. The van der Waals surface area contributed by atoms with Crippen molar-refractivity contribution < 1.29 is 9.50 Å². The molecule has 0 aromatic heterocycles. The van der Waals surface area contributed by atoms with Crippen LogP contribution < -0.4 is 0 Å². The van der Waals surface area contributed by atoms with Crippen LogP contribution in [-0.4, -0.2) is 5.11 Å². The summed E-state index contributed by atoms with van der Waals surface area (Å²) in [4.78, 5) is 0. The molecule has 0 radical (unpaired) electrons. The maximum absolute atomic E-state index is 13.3. The van der Waals surface area contributed by atoms with E-state index in [4.69, 9.17) is 11.6 Å². The third-order valence-corrected chi connectivity index (χ3v) is 3.72. The molecule has 0 amide bonds. The summed E-state index contributed by atoms with van der Waals surface area (Å²) in [6.45, 7) is 1.80. The molecule has 0 aliphatic carbocycles. The van der Waals surface area contributed by atoms with Crippen LogP contribution in [0.25, 0.3) is 0 Å². The van der Waals surface area contributed by atoms with E-state index < -0.39 is 6.10 Å². The van der Waals surface area contributed by atoms with Gasteiger partial charge in [-0.3, -0.25) is 0 Å². The molecule has 19 heavy (non-hydrogen) atoms. The number of benzene rings is 2. The molecule has 0 saturated carbocycles. The van der Waals surface area contributed by atoms with Gasteiger partial charge in [-0.2, -0.15) is 0 Å². The maximum Gasteiger partial charge on any atom is 0.123 e. The molecule has 1 nitrogen and oxygen atoms in total. The molecule has 100 valence electrons. The lowest BCUT2D eigenvalue weighted by molar-refractivity contribution is 0.178. The predicted octanol–water partition coefficient (Wildman–Crippen LogP) is 4.83. The molecular formula is C15H13BrClFO. The first-order valence-electron chi connectivity index (χ1n) is 5.85. The number of rotatable bonds is 3. The fourth-order valence-corrected chi connectivity index (χ4v) is 2.72. The quantitative estimate of drug-likeness (QED) is 0.846. The fraction of sp³-hybridized carbons (Fsp3) is 0.200. The molecular weight excluding hydrogens is 331 g/mol. The first-order chi connectivity index (χ1) is 8.95. The second-order valence-electron chi connectivity index (χ2n) is 4.52. The highest BCUT2D eigenvalue weighted by molar-refractivity contribution is 9.10.